The number of nitrogens with one attached hydrogen (secondary N) is 2. The number of fused-ring (bicyclic) bond motifs is 2. The van der Waals surface area contributed by atoms with E-state index >= 15 is 0 Å². The van der Waals surface area contributed by atoms with Crippen LogP contribution in [0.25, 0.3) is 11.0 Å². The molecule has 0 radical (unpaired) electrons. The van der Waals surface area contributed by atoms with Crippen molar-refractivity contribution in [3.8, 4) is 11.5 Å². The average molecular weight is 676 g/mol. The lowest BCUT2D eigenvalue weighted by atomic mass is 10.0. The smallest absolute Gasteiger partial charge is 0.352 e. The lowest BCUT2D eigenvalue weighted by Crippen LogP contribution is -2.71. The van der Waals surface area contributed by atoms with E-state index in [0.29, 0.717) is 34.6 Å². The van der Waals surface area contributed by atoms with Gasteiger partial charge in [0.15, 0.2) is 27.5 Å². The van der Waals surface area contributed by atoms with Crippen molar-refractivity contribution < 1.29 is 44.4 Å². The summed E-state index contributed by atoms with van der Waals surface area (Å²) in [6, 6.07) is 1.52. The Bertz CT molecular complexity index is 1760. The summed E-state index contributed by atoms with van der Waals surface area (Å²) in [7, 11) is 0. The molecule has 2 aliphatic heterocycles. The average Bonchev–Trinajstić information content (AvgIpc) is 3.75. The number of H-pyrrole nitrogens is 1. The number of carboxylic acid groups (broad SMARTS) is 2. The van der Waals surface area contributed by atoms with Gasteiger partial charge >= 0.3 is 11.9 Å². The van der Waals surface area contributed by atoms with Gasteiger partial charge in [0.1, 0.15) is 22.8 Å². The van der Waals surface area contributed by atoms with Gasteiger partial charge in [-0.25, -0.2) is 19.6 Å². The number of hydrogen-bond acceptors (Lipinski definition) is 14. The Hall–Kier alpha value is -4.49. The Balaban J connectivity index is 1.18. The number of thiazole rings is 1. The van der Waals surface area contributed by atoms with Gasteiger partial charge in [-0.05, 0) is 18.4 Å². The molecule has 2 fully saturated rings. The number of anilines is 1. The van der Waals surface area contributed by atoms with Gasteiger partial charge in [0.05, 0.1) is 11.0 Å². The number of carbonyl (C=O) groups is 4. The van der Waals surface area contributed by atoms with Crippen LogP contribution in [0, 0.1) is 0 Å². The van der Waals surface area contributed by atoms with Crippen LogP contribution in [-0.4, -0.2) is 98.3 Å². The second kappa shape index (κ2) is 11.8. The molecule has 2 amide bonds. The lowest BCUT2D eigenvalue weighted by Gasteiger charge is -2.49. The van der Waals surface area contributed by atoms with Gasteiger partial charge in [-0.1, -0.05) is 16.9 Å². The molecule has 0 bridgehead atoms. The van der Waals surface area contributed by atoms with Crippen molar-refractivity contribution in [2.24, 2.45) is 5.16 Å². The van der Waals surface area contributed by atoms with Gasteiger partial charge in [0.2, 0.25) is 5.60 Å². The van der Waals surface area contributed by atoms with Gasteiger partial charge in [-0.2, -0.15) is 0 Å². The van der Waals surface area contributed by atoms with Crippen LogP contribution in [0.15, 0.2) is 39.1 Å². The molecule has 2 atom stereocenters. The Labute approximate surface area is 265 Å². The zero-order valence-electron chi connectivity index (χ0n) is 23.1. The van der Waals surface area contributed by atoms with Gasteiger partial charge in [0.25, 0.3) is 11.8 Å². The maximum Gasteiger partial charge on any atom is 0.352 e. The molecule has 19 heteroatoms. The minimum absolute atomic E-state index is 0.0369. The van der Waals surface area contributed by atoms with E-state index in [-0.39, 0.29) is 58.1 Å². The van der Waals surface area contributed by atoms with Crippen molar-refractivity contribution in [1.29, 1.82) is 0 Å². The molecule has 6 rings (SSSR count). The number of phenolic OH excluding ortho intramolecular Hbond substituents is 2. The molecule has 1 saturated heterocycles. The van der Waals surface area contributed by atoms with Gasteiger partial charge in [0, 0.05) is 41.9 Å². The standard InChI is InChI=1S/C26H25N7O9S3/c27-24-28-13(9-44-24)16(32-42-26(23(40)41)3-1-2-4-26)19(36)31-17-20(37)33-18(22(38)39)10(7-43-21(17)33)8-45-25-29-11-5-14(34)15(35)6-12(11)30-25/h5-6,9,17,21,34-35H,1-4,7-8H2,(H2,27,28)(H,29,30)(H,31,36)(H,38,39)(H,40,41)/t17-,21-/m1/s1. The molecule has 0 spiro atoms. The summed E-state index contributed by atoms with van der Waals surface area (Å²) in [6.45, 7) is 0. The van der Waals surface area contributed by atoms with Crippen LogP contribution in [0.2, 0.25) is 0 Å². The number of β-lactam (4-membered cyclic amide) rings is 1. The fraction of sp³-hybridized carbons (Fsp3) is 0.346. The number of nitrogens with two attached hydrogens (primary N) is 1. The number of aliphatic carboxylic acids is 2. The molecule has 3 aliphatic rings. The minimum Gasteiger partial charge on any atom is -0.504 e. The Morgan fingerprint density at radius 2 is 1.93 bits per heavy atom. The fourth-order valence-corrected chi connectivity index (χ4v) is 8.18. The van der Waals surface area contributed by atoms with Crippen LogP contribution in [-0.2, 0) is 24.0 Å². The number of carboxylic acids is 2. The first-order valence-corrected chi connectivity index (χ1v) is 16.3. The van der Waals surface area contributed by atoms with Crippen LogP contribution in [0.1, 0.15) is 31.4 Å². The molecular weight excluding hydrogens is 651 g/mol. The summed E-state index contributed by atoms with van der Waals surface area (Å²) in [5, 5.41) is 47.0. The molecule has 3 aromatic rings. The van der Waals surface area contributed by atoms with E-state index in [1.807, 2.05) is 0 Å². The first kappa shape index (κ1) is 30.5. The second-order valence-corrected chi connectivity index (χ2v) is 13.4. The SMILES string of the molecule is Nc1nc(C(=NOC2(C(=O)O)CCCC2)C(=O)N[C@@H]2C(=O)N3C(C(=O)O)=C(CSc4nc5cc(O)c(O)cc5[nH]4)CS[C@H]23)cs1. The largest absolute Gasteiger partial charge is 0.504 e. The van der Waals surface area contributed by atoms with Crippen LogP contribution in [0.3, 0.4) is 0 Å². The van der Waals surface area contributed by atoms with E-state index in [2.05, 4.69) is 25.4 Å². The number of aromatic amines is 1. The van der Waals surface area contributed by atoms with Crippen LogP contribution < -0.4 is 11.1 Å². The molecule has 236 valence electrons. The topological polar surface area (TPSA) is 254 Å². The number of aromatic hydroxyl groups is 2. The molecule has 45 heavy (non-hydrogen) atoms. The van der Waals surface area contributed by atoms with Crippen molar-refractivity contribution in [3.05, 3.63) is 34.5 Å². The van der Waals surface area contributed by atoms with Crippen molar-refractivity contribution in [1.82, 2.24) is 25.2 Å². The first-order valence-electron chi connectivity index (χ1n) is 13.4. The maximum atomic E-state index is 13.4. The summed E-state index contributed by atoms with van der Waals surface area (Å²) >= 11 is 3.48. The molecule has 0 unspecified atom stereocenters. The molecule has 16 nitrogen and oxygen atoms in total. The van der Waals surface area contributed by atoms with E-state index in [0.717, 1.165) is 16.2 Å². The fourth-order valence-electron chi connectivity index (χ4n) is 5.26. The van der Waals surface area contributed by atoms with E-state index in [1.54, 1.807) is 0 Å². The number of hydrogen-bond donors (Lipinski definition) is 7. The maximum absolute atomic E-state index is 13.4. The number of nitrogens with zero attached hydrogens (tertiary/aromatic N) is 4. The van der Waals surface area contributed by atoms with Crippen molar-refractivity contribution >= 4 is 80.5 Å². The number of benzene rings is 1. The number of nitrogen functional groups attached to an aromatic ring is 1. The second-order valence-electron chi connectivity index (χ2n) is 10.4. The third-order valence-corrected chi connectivity index (χ3v) is 10.5. The normalized spacial score (nSPS) is 21.0. The lowest BCUT2D eigenvalue weighted by molar-refractivity contribution is -0.165. The Morgan fingerprint density at radius 1 is 1.20 bits per heavy atom. The third-order valence-electron chi connectivity index (χ3n) is 7.57. The number of amides is 2. The van der Waals surface area contributed by atoms with E-state index in [9.17, 15) is 39.6 Å². The predicted octanol–water partition coefficient (Wildman–Crippen LogP) is 1.66. The predicted molar refractivity (Wildman–Crippen MR) is 163 cm³/mol. The monoisotopic (exact) mass is 675 g/mol. The van der Waals surface area contributed by atoms with Crippen molar-refractivity contribution in [2.45, 2.75) is 47.9 Å². The summed E-state index contributed by atoms with van der Waals surface area (Å²) in [5.74, 6) is -4.24. The summed E-state index contributed by atoms with van der Waals surface area (Å²) in [4.78, 5) is 68.9. The number of carbonyl (C=O) groups excluding carboxylic acids is 2. The highest BCUT2D eigenvalue weighted by molar-refractivity contribution is 8.01. The summed E-state index contributed by atoms with van der Waals surface area (Å²) in [6.07, 6.45) is 1.66. The number of rotatable bonds is 10. The Morgan fingerprint density at radius 3 is 2.60 bits per heavy atom. The van der Waals surface area contributed by atoms with E-state index < -0.39 is 40.8 Å². The highest BCUT2D eigenvalue weighted by Gasteiger charge is 2.54. The highest BCUT2D eigenvalue weighted by Crippen LogP contribution is 2.42. The first-order chi connectivity index (χ1) is 21.5. The minimum atomic E-state index is -1.59. The highest BCUT2D eigenvalue weighted by atomic mass is 32.2. The zero-order valence-corrected chi connectivity index (χ0v) is 25.5. The summed E-state index contributed by atoms with van der Waals surface area (Å²) < 4.78 is 0. The van der Waals surface area contributed by atoms with Gasteiger partial charge in [-0.15, -0.1) is 23.1 Å². The zero-order chi connectivity index (χ0) is 32.0. The number of imidazole rings is 1. The Kier molecular flexibility index (Phi) is 8.00. The van der Waals surface area contributed by atoms with E-state index in [4.69, 9.17) is 10.6 Å². The van der Waals surface area contributed by atoms with Crippen LogP contribution >= 0.6 is 34.9 Å². The molecule has 4 heterocycles. The van der Waals surface area contributed by atoms with Crippen LogP contribution in [0.4, 0.5) is 5.13 Å². The molecule has 2 aromatic heterocycles. The van der Waals surface area contributed by atoms with Gasteiger partial charge in [-0.3, -0.25) is 14.5 Å². The van der Waals surface area contributed by atoms with Crippen LogP contribution in [0.5, 0.6) is 11.5 Å². The number of oxime groups is 1. The third kappa shape index (κ3) is 5.61. The molecule has 8 N–H and O–H groups in total. The number of aromatic nitrogens is 3. The summed E-state index contributed by atoms with van der Waals surface area (Å²) in [5.41, 5.74) is 4.98. The number of thioether (sulfide) groups is 2. The van der Waals surface area contributed by atoms with Crippen molar-refractivity contribution in [3.63, 3.8) is 0 Å². The number of phenols is 2. The molecule has 1 aromatic carbocycles. The van der Waals surface area contributed by atoms with Crippen molar-refractivity contribution in [2.75, 3.05) is 17.2 Å². The quantitative estimate of drug-likeness (QED) is 0.0531. The van der Waals surface area contributed by atoms with Gasteiger partial charge < -0.3 is 41.3 Å². The molecule has 1 aliphatic carbocycles. The molecular formula is C26H25N7O9S3. The van der Waals surface area contributed by atoms with E-state index in [1.165, 1.54) is 41.0 Å². The molecule has 1 saturated carbocycles.